The molecule has 0 fully saturated rings. The molecule has 0 aliphatic rings. The number of nitrogens with zero attached hydrogens (tertiary/aromatic N) is 2. The monoisotopic (exact) mass is 283 g/mol. The Hall–Kier alpha value is -1.82. The smallest absolute Gasteiger partial charge is 0.313 e. The lowest BCUT2D eigenvalue weighted by atomic mass is 10.1. The summed E-state index contributed by atoms with van der Waals surface area (Å²) < 4.78 is 39.0. The zero-order valence-corrected chi connectivity index (χ0v) is 11.3. The Morgan fingerprint density at radius 3 is 2.60 bits per heavy atom. The molecule has 0 bridgehead atoms. The SMILES string of the molecule is CCNCc1ccc(C)c(-n2ccc(C(F)(F)F)n2)c1. The van der Waals surface area contributed by atoms with E-state index in [2.05, 4.69) is 10.4 Å². The van der Waals surface area contributed by atoms with Crippen LogP contribution in [0.15, 0.2) is 30.5 Å². The van der Waals surface area contributed by atoms with Gasteiger partial charge in [-0.1, -0.05) is 19.1 Å². The van der Waals surface area contributed by atoms with Crippen LogP contribution in [0.3, 0.4) is 0 Å². The van der Waals surface area contributed by atoms with Crippen molar-refractivity contribution in [3.8, 4) is 5.69 Å². The summed E-state index contributed by atoms with van der Waals surface area (Å²) in [5, 5.41) is 6.79. The van der Waals surface area contributed by atoms with Crippen molar-refractivity contribution in [1.29, 1.82) is 0 Å². The van der Waals surface area contributed by atoms with Crippen LogP contribution in [0.2, 0.25) is 0 Å². The van der Waals surface area contributed by atoms with Crippen molar-refractivity contribution in [3.63, 3.8) is 0 Å². The molecule has 3 nitrogen and oxygen atoms in total. The minimum Gasteiger partial charge on any atom is -0.313 e. The van der Waals surface area contributed by atoms with Crippen molar-refractivity contribution in [2.24, 2.45) is 0 Å². The molecule has 2 rings (SSSR count). The highest BCUT2D eigenvalue weighted by atomic mass is 19.4. The van der Waals surface area contributed by atoms with E-state index < -0.39 is 11.9 Å². The Morgan fingerprint density at radius 1 is 1.25 bits per heavy atom. The van der Waals surface area contributed by atoms with Gasteiger partial charge in [-0.3, -0.25) is 0 Å². The molecule has 1 heterocycles. The molecular weight excluding hydrogens is 267 g/mol. The molecular formula is C14H16F3N3. The van der Waals surface area contributed by atoms with Crippen molar-refractivity contribution >= 4 is 0 Å². The third-order valence-corrected chi connectivity index (χ3v) is 2.98. The Bertz CT molecular complexity index is 588. The maximum Gasteiger partial charge on any atom is 0.435 e. The van der Waals surface area contributed by atoms with Crippen molar-refractivity contribution in [2.75, 3.05) is 6.54 Å². The van der Waals surface area contributed by atoms with E-state index in [-0.39, 0.29) is 0 Å². The van der Waals surface area contributed by atoms with E-state index in [4.69, 9.17) is 0 Å². The third-order valence-electron chi connectivity index (χ3n) is 2.98. The van der Waals surface area contributed by atoms with Gasteiger partial charge in [0.1, 0.15) is 0 Å². The fraction of sp³-hybridized carbons (Fsp3) is 0.357. The van der Waals surface area contributed by atoms with Crippen LogP contribution >= 0.6 is 0 Å². The van der Waals surface area contributed by atoms with Crippen LogP contribution in [0.5, 0.6) is 0 Å². The van der Waals surface area contributed by atoms with E-state index in [0.29, 0.717) is 12.2 Å². The molecule has 0 aliphatic carbocycles. The summed E-state index contributed by atoms with van der Waals surface area (Å²) in [6, 6.07) is 6.67. The second-order valence-electron chi connectivity index (χ2n) is 4.54. The van der Waals surface area contributed by atoms with E-state index >= 15 is 0 Å². The van der Waals surface area contributed by atoms with Gasteiger partial charge < -0.3 is 5.32 Å². The number of hydrogen-bond donors (Lipinski definition) is 1. The minimum atomic E-state index is -4.42. The van der Waals surface area contributed by atoms with E-state index in [1.807, 2.05) is 32.0 Å². The van der Waals surface area contributed by atoms with Crippen molar-refractivity contribution in [2.45, 2.75) is 26.6 Å². The van der Waals surface area contributed by atoms with Crippen LogP contribution in [0.25, 0.3) is 5.69 Å². The van der Waals surface area contributed by atoms with Gasteiger partial charge in [-0.15, -0.1) is 0 Å². The predicted molar refractivity (Wildman–Crippen MR) is 70.7 cm³/mol. The number of aromatic nitrogens is 2. The lowest BCUT2D eigenvalue weighted by molar-refractivity contribution is -0.141. The zero-order chi connectivity index (χ0) is 14.8. The van der Waals surface area contributed by atoms with Gasteiger partial charge in [0.15, 0.2) is 5.69 Å². The fourth-order valence-electron chi connectivity index (χ4n) is 1.89. The van der Waals surface area contributed by atoms with Gasteiger partial charge in [-0.05, 0) is 36.7 Å². The summed E-state index contributed by atoms with van der Waals surface area (Å²) in [5.74, 6) is 0. The number of nitrogens with one attached hydrogen (secondary N) is 1. The molecule has 0 spiro atoms. The van der Waals surface area contributed by atoms with Crippen molar-refractivity contribution < 1.29 is 13.2 Å². The number of benzene rings is 1. The van der Waals surface area contributed by atoms with Crippen LogP contribution < -0.4 is 5.32 Å². The highest BCUT2D eigenvalue weighted by molar-refractivity contribution is 5.43. The summed E-state index contributed by atoms with van der Waals surface area (Å²) >= 11 is 0. The van der Waals surface area contributed by atoms with Gasteiger partial charge in [0, 0.05) is 12.7 Å². The van der Waals surface area contributed by atoms with Crippen LogP contribution in [0.4, 0.5) is 13.2 Å². The number of rotatable bonds is 4. The van der Waals surface area contributed by atoms with Gasteiger partial charge >= 0.3 is 6.18 Å². The van der Waals surface area contributed by atoms with Gasteiger partial charge in [-0.25, -0.2) is 4.68 Å². The van der Waals surface area contributed by atoms with Gasteiger partial charge in [0.2, 0.25) is 0 Å². The second-order valence-corrected chi connectivity index (χ2v) is 4.54. The number of aryl methyl sites for hydroxylation is 1. The average Bonchev–Trinajstić information content (AvgIpc) is 2.87. The maximum absolute atomic E-state index is 12.6. The highest BCUT2D eigenvalue weighted by Crippen LogP contribution is 2.28. The number of hydrogen-bond acceptors (Lipinski definition) is 2. The molecule has 108 valence electrons. The quantitative estimate of drug-likeness (QED) is 0.933. The summed E-state index contributed by atoms with van der Waals surface area (Å²) in [7, 11) is 0. The summed E-state index contributed by atoms with van der Waals surface area (Å²) in [5.41, 5.74) is 1.67. The van der Waals surface area contributed by atoms with E-state index in [9.17, 15) is 13.2 Å². The van der Waals surface area contributed by atoms with Crippen LogP contribution in [0, 0.1) is 6.92 Å². The molecule has 0 radical (unpaired) electrons. The first-order valence-electron chi connectivity index (χ1n) is 6.35. The molecule has 2 aromatic rings. The molecule has 1 aromatic carbocycles. The summed E-state index contributed by atoms with van der Waals surface area (Å²) in [4.78, 5) is 0. The van der Waals surface area contributed by atoms with Crippen LogP contribution in [0.1, 0.15) is 23.7 Å². The minimum absolute atomic E-state index is 0.663. The lowest BCUT2D eigenvalue weighted by Gasteiger charge is -2.10. The van der Waals surface area contributed by atoms with Gasteiger partial charge in [0.25, 0.3) is 0 Å². The normalized spacial score (nSPS) is 11.8. The molecule has 1 N–H and O–H groups in total. The number of halogens is 3. The molecule has 0 amide bonds. The van der Waals surface area contributed by atoms with E-state index in [1.54, 1.807) is 0 Å². The molecule has 0 atom stereocenters. The Morgan fingerprint density at radius 2 is 2.00 bits per heavy atom. The average molecular weight is 283 g/mol. The first-order chi connectivity index (χ1) is 9.41. The van der Waals surface area contributed by atoms with Crippen LogP contribution in [-0.2, 0) is 12.7 Å². The van der Waals surface area contributed by atoms with E-state index in [1.165, 1.54) is 10.9 Å². The van der Waals surface area contributed by atoms with Crippen LogP contribution in [-0.4, -0.2) is 16.3 Å². The third kappa shape index (κ3) is 3.19. The second kappa shape index (κ2) is 5.66. The molecule has 1 aromatic heterocycles. The first-order valence-corrected chi connectivity index (χ1v) is 6.35. The highest BCUT2D eigenvalue weighted by Gasteiger charge is 2.33. The molecule has 0 unspecified atom stereocenters. The maximum atomic E-state index is 12.6. The molecule has 0 saturated heterocycles. The Balaban J connectivity index is 2.34. The summed E-state index contributed by atoms with van der Waals surface area (Å²) in [6.07, 6.45) is -3.08. The Kier molecular flexibility index (Phi) is 4.13. The van der Waals surface area contributed by atoms with Crippen molar-refractivity contribution in [3.05, 3.63) is 47.3 Å². The first kappa shape index (κ1) is 14.6. The van der Waals surface area contributed by atoms with Gasteiger partial charge in [-0.2, -0.15) is 18.3 Å². The predicted octanol–water partition coefficient (Wildman–Crippen LogP) is 3.31. The van der Waals surface area contributed by atoms with Gasteiger partial charge in [0.05, 0.1) is 5.69 Å². The molecule has 6 heteroatoms. The zero-order valence-electron chi connectivity index (χ0n) is 11.3. The molecule has 20 heavy (non-hydrogen) atoms. The molecule has 0 aliphatic heterocycles. The number of alkyl halides is 3. The topological polar surface area (TPSA) is 29.9 Å². The standard InChI is InChI=1S/C14H16F3N3/c1-3-18-9-11-5-4-10(2)12(8-11)20-7-6-13(19-20)14(15,16)17/h4-8,18H,3,9H2,1-2H3. The summed E-state index contributed by atoms with van der Waals surface area (Å²) in [6.45, 7) is 5.36. The molecule has 0 saturated carbocycles. The van der Waals surface area contributed by atoms with Crippen molar-refractivity contribution in [1.82, 2.24) is 15.1 Å². The lowest BCUT2D eigenvalue weighted by Crippen LogP contribution is -2.12. The Labute approximate surface area is 115 Å². The fourth-order valence-corrected chi connectivity index (χ4v) is 1.89. The van der Waals surface area contributed by atoms with E-state index in [0.717, 1.165) is 23.7 Å². The largest absolute Gasteiger partial charge is 0.435 e.